The molecule has 1 heterocycles. The second-order valence-corrected chi connectivity index (χ2v) is 5.79. The van der Waals surface area contributed by atoms with Crippen molar-refractivity contribution in [3.8, 4) is 5.75 Å². The van der Waals surface area contributed by atoms with E-state index in [0.717, 1.165) is 35.3 Å². The number of likely N-dealkylation sites (N-methyl/N-ethyl adjacent to an activating group) is 1. The monoisotopic (exact) mass is 348 g/mol. The van der Waals surface area contributed by atoms with Gasteiger partial charge in [-0.15, -0.1) is 0 Å². The van der Waals surface area contributed by atoms with Crippen LogP contribution in [0.15, 0.2) is 53.1 Å². The molecule has 0 spiro atoms. The van der Waals surface area contributed by atoms with Crippen molar-refractivity contribution in [3.05, 3.63) is 58.8 Å². The molecule has 0 aliphatic heterocycles. The van der Waals surface area contributed by atoms with Crippen molar-refractivity contribution in [1.82, 2.24) is 10.3 Å². The molecular formula is C17H21BrN2O. The fraction of sp³-hybridized carbons (Fsp3) is 0.353. The summed E-state index contributed by atoms with van der Waals surface area (Å²) in [5.74, 6) is 0.925. The number of hydrogen-bond donors (Lipinski definition) is 1. The lowest BCUT2D eigenvalue weighted by atomic mass is 10.1. The second kappa shape index (κ2) is 8.80. The van der Waals surface area contributed by atoms with E-state index in [1.54, 1.807) is 0 Å². The largest absolute Gasteiger partial charge is 0.494 e. The molecule has 0 saturated heterocycles. The number of rotatable bonds is 8. The first-order chi connectivity index (χ1) is 10.3. The molecule has 1 aromatic carbocycles. The summed E-state index contributed by atoms with van der Waals surface area (Å²) in [7, 11) is 0. The molecule has 112 valence electrons. The van der Waals surface area contributed by atoms with Crippen LogP contribution >= 0.6 is 15.9 Å². The lowest BCUT2D eigenvalue weighted by molar-refractivity contribution is 0.285. The van der Waals surface area contributed by atoms with E-state index >= 15 is 0 Å². The number of pyridine rings is 1. The predicted octanol–water partition coefficient (Wildman–Crippen LogP) is 3.83. The Labute approximate surface area is 134 Å². The lowest BCUT2D eigenvalue weighted by Gasteiger charge is -2.18. The van der Waals surface area contributed by atoms with Gasteiger partial charge in [0, 0.05) is 28.8 Å². The third-order valence-electron chi connectivity index (χ3n) is 3.22. The van der Waals surface area contributed by atoms with Gasteiger partial charge in [-0.05, 0) is 53.2 Å². The van der Waals surface area contributed by atoms with E-state index in [2.05, 4.69) is 39.2 Å². The van der Waals surface area contributed by atoms with Gasteiger partial charge in [0.1, 0.15) is 5.75 Å². The quantitative estimate of drug-likeness (QED) is 0.786. The molecule has 1 aromatic heterocycles. The zero-order valence-electron chi connectivity index (χ0n) is 12.3. The number of halogens is 1. The molecule has 0 fully saturated rings. The van der Waals surface area contributed by atoms with Crippen LogP contribution in [0.4, 0.5) is 0 Å². The number of para-hydroxylation sites is 1. The molecule has 0 saturated carbocycles. The highest BCUT2D eigenvalue weighted by molar-refractivity contribution is 9.10. The smallest absolute Gasteiger partial charge is 0.119 e. The topological polar surface area (TPSA) is 34.1 Å². The van der Waals surface area contributed by atoms with Crippen molar-refractivity contribution in [2.24, 2.45) is 0 Å². The van der Waals surface area contributed by atoms with Gasteiger partial charge >= 0.3 is 0 Å². The fourth-order valence-electron chi connectivity index (χ4n) is 2.18. The molecule has 0 radical (unpaired) electrons. The van der Waals surface area contributed by atoms with Crippen molar-refractivity contribution in [2.45, 2.75) is 25.8 Å². The Balaban J connectivity index is 1.82. The molecule has 1 atom stereocenters. The molecule has 21 heavy (non-hydrogen) atoms. The minimum atomic E-state index is 0.382. The van der Waals surface area contributed by atoms with Gasteiger partial charge in [-0.3, -0.25) is 4.98 Å². The summed E-state index contributed by atoms with van der Waals surface area (Å²) < 4.78 is 6.78. The van der Waals surface area contributed by atoms with Crippen LogP contribution in [0, 0.1) is 0 Å². The van der Waals surface area contributed by atoms with Crippen molar-refractivity contribution < 1.29 is 4.74 Å². The fourth-order valence-corrected chi connectivity index (χ4v) is 2.41. The molecule has 0 aliphatic carbocycles. The number of benzene rings is 1. The number of aromatic nitrogens is 1. The molecule has 4 heteroatoms. The third kappa shape index (κ3) is 5.86. The number of ether oxygens (including phenoxy) is 1. The van der Waals surface area contributed by atoms with Gasteiger partial charge in [-0.25, -0.2) is 0 Å². The molecule has 0 bridgehead atoms. The van der Waals surface area contributed by atoms with Crippen LogP contribution in [0.5, 0.6) is 5.75 Å². The Morgan fingerprint density at radius 1 is 1.19 bits per heavy atom. The molecular weight excluding hydrogens is 328 g/mol. The van der Waals surface area contributed by atoms with Crippen LogP contribution in [0.2, 0.25) is 0 Å². The Kier molecular flexibility index (Phi) is 6.70. The minimum Gasteiger partial charge on any atom is -0.494 e. The maximum Gasteiger partial charge on any atom is 0.119 e. The average Bonchev–Trinajstić information content (AvgIpc) is 2.51. The van der Waals surface area contributed by atoms with Gasteiger partial charge in [0.15, 0.2) is 0 Å². The Morgan fingerprint density at radius 2 is 2.00 bits per heavy atom. The molecule has 1 unspecified atom stereocenters. The summed E-state index contributed by atoms with van der Waals surface area (Å²) >= 11 is 3.41. The molecule has 0 amide bonds. The number of hydrogen-bond acceptors (Lipinski definition) is 3. The van der Waals surface area contributed by atoms with E-state index in [1.165, 1.54) is 0 Å². The second-order valence-electron chi connectivity index (χ2n) is 4.88. The zero-order valence-corrected chi connectivity index (χ0v) is 13.8. The predicted molar refractivity (Wildman–Crippen MR) is 89.7 cm³/mol. The van der Waals surface area contributed by atoms with Gasteiger partial charge in [0.25, 0.3) is 0 Å². The average molecular weight is 349 g/mol. The number of nitrogens with zero attached hydrogens (tertiary/aromatic N) is 1. The summed E-state index contributed by atoms with van der Waals surface area (Å²) in [4.78, 5) is 4.44. The highest BCUT2D eigenvalue weighted by atomic mass is 79.9. The molecule has 3 nitrogen and oxygen atoms in total. The first kappa shape index (κ1) is 16.0. The van der Waals surface area contributed by atoms with Crippen molar-refractivity contribution >= 4 is 15.9 Å². The maximum absolute atomic E-state index is 5.77. The lowest BCUT2D eigenvalue weighted by Crippen LogP contribution is -2.32. The van der Waals surface area contributed by atoms with Crippen molar-refractivity contribution in [2.75, 3.05) is 13.2 Å². The van der Waals surface area contributed by atoms with E-state index in [0.29, 0.717) is 12.6 Å². The van der Waals surface area contributed by atoms with Gasteiger partial charge in [-0.1, -0.05) is 25.1 Å². The van der Waals surface area contributed by atoms with Crippen LogP contribution in [0.3, 0.4) is 0 Å². The van der Waals surface area contributed by atoms with Crippen LogP contribution in [-0.2, 0) is 6.42 Å². The van der Waals surface area contributed by atoms with Gasteiger partial charge in [-0.2, -0.15) is 0 Å². The van der Waals surface area contributed by atoms with Crippen LogP contribution < -0.4 is 10.1 Å². The summed E-state index contributed by atoms with van der Waals surface area (Å²) in [6.07, 6.45) is 3.72. The third-order valence-corrected chi connectivity index (χ3v) is 3.68. The summed E-state index contributed by atoms with van der Waals surface area (Å²) in [6, 6.07) is 14.4. The summed E-state index contributed by atoms with van der Waals surface area (Å²) in [6.45, 7) is 3.78. The molecule has 2 rings (SSSR count). The highest BCUT2D eigenvalue weighted by Crippen LogP contribution is 2.12. The molecule has 0 aliphatic rings. The SMILES string of the molecule is CCNC(CCOc1ccccc1)Cc1ccc(Br)cn1. The normalized spacial score (nSPS) is 12.1. The van der Waals surface area contributed by atoms with Crippen LogP contribution in [-0.4, -0.2) is 24.2 Å². The Bertz CT molecular complexity index is 516. The van der Waals surface area contributed by atoms with E-state index in [4.69, 9.17) is 4.74 Å². The summed E-state index contributed by atoms with van der Waals surface area (Å²) in [5, 5.41) is 3.50. The Hall–Kier alpha value is -1.39. The highest BCUT2D eigenvalue weighted by Gasteiger charge is 2.09. The zero-order chi connectivity index (χ0) is 14.9. The van der Waals surface area contributed by atoms with Crippen LogP contribution in [0.1, 0.15) is 19.0 Å². The minimum absolute atomic E-state index is 0.382. The molecule has 1 N–H and O–H groups in total. The van der Waals surface area contributed by atoms with Crippen LogP contribution in [0.25, 0.3) is 0 Å². The van der Waals surface area contributed by atoms with Gasteiger partial charge in [0.05, 0.1) is 6.61 Å². The van der Waals surface area contributed by atoms with E-state index in [1.807, 2.05) is 42.6 Å². The Morgan fingerprint density at radius 3 is 2.67 bits per heavy atom. The molecule has 2 aromatic rings. The first-order valence-corrected chi connectivity index (χ1v) is 8.09. The van der Waals surface area contributed by atoms with Gasteiger partial charge in [0.2, 0.25) is 0 Å². The van der Waals surface area contributed by atoms with E-state index in [9.17, 15) is 0 Å². The maximum atomic E-state index is 5.77. The van der Waals surface area contributed by atoms with Crippen molar-refractivity contribution in [1.29, 1.82) is 0 Å². The van der Waals surface area contributed by atoms with E-state index < -0.39 is 0 Å². The van der Waals surface area contributed by atoms with E-state index in [-0.39, 0.29) is 0 Å². The van der Waals surface area contributed by atoms with Gasteiger partial charge < -0.3 is 10.1 Å². The summed E-state index contributed by atoms with van der Waals surface area (Å²) in [5.41, 5.74) is 1.10. The standard InChI is InChI=1S/C17H21BrN2O/c1-2-19-16(12-15-9-8-14(18)13-20-15)10-11-21-17-6-4-3-5-7-17/h3-9,13,16,19H,2,10-12H2,1H3. The van der Waals surface area contributed by atoms with Crippen molar-refractivity contribution in [3.63, 3.8) is 0 Å². The number of nitrogens with one attached hydrogen (secondary N) is 1. The first-order valence-electron chi connectivity index (χ1n) is 7.29.